The molecular weight excluding hydrogens is 216 g/mol. The van der Waals surface area contributed by atoms with Crippen LogP contribution in [0.1, 0.15) is 13.3 Å². The smallest absolute Gasteiger partial charge is 0.208 e. The summed E-state index contributed by atoms with van der Waals surface area (Å²) in [4.78, 5) is 1.96. The molecule has 0 aliphatic heterocycles. The lowest BCUT2D eigenvalue weighted by Gasteiger charge is -2.05. The molecule has 1 atom stereocenters. The van der Waals surface area contributed by atoms with Crippen LogP contribution < -0.4 is 10.6 Å². The van der Waals surface area contributed by atoms with Gasteiger partial charge in [-0.15, -0.1) is 10.2 Å². The molecule has 6 heteroatoms. The topological polar surface area (TPSA) is 55.0 Å². The second-order valence-corrected chi connectivity index (χ2v) is 5.45. The molecule has 1 aromatic rings. The van der Waals surface area contributed by atoms with Gasteiger partial charge in [0, 0.05) is 25.9 Å². The van der Waals surface area contributed by atoms with Crippen molar-refractivity contribution in [2.24, 2.45) is 5.73 Å². The summed E-state index contributed by atoms with van der Waals surface area (Å²) < 4.78 is 0.998. The van der Waals surface area contributed by atoms with E-state index in [0.717, 1.165) is 21.6 Å². The lowest BCUT2D eigenvalue weighted by Crippen LogP contribution is -2.21. The maximum Gasteiger partial charge on any atom is 0.208 e. The van der Waals surface area contributed by atoms with Crippen LogP contribution >= 0.6 is 23.1 Å². The van der Waals surface area contributed by atoms with E-state index in [1.54, 1.807) is 23.1 Å². The van der Waals surface area contributed by atoms with E-state index >= 15 is 0 Å². The summed E-state index contributed by atoms with van der Waals surface area (Å²) in [6.45, 7) is 2.09. The first-order valence-corrected chi connectivity index (χ1v) is 6.33. The normalized spacial score (nSPS) is 12.9. The van der Waals surface area contributed by atoms with Crippen LogP contribution in [-0.2, 0) is 0 Å². The first kappa shape index (κ1) is 11.7. The van der Waals surface area contributed by atoms with E-state index in [0.29, 0.717) is 0 Å². The molecule has 14 heavy (non-hydrogen) atoms. The molecule has 0 amide bonds. The van der Waals surface area contributed by atoms with E-state index in [1.807, 2.05) is 19.0 Å². The molecule has 0 spiro atoms. The van der Waals surface area contributed by atoms with E-state index in [4.69, 9.17) is 5.73 Å². The molecule has 0 saturated carbocycles. The Hall–Kier alpha value is -0.330. The largest absolute Gasteiger partial charge is 0.353 e. The molecule has 2 N–H and O–H groups in total. The molecule has 0 radical (unpaired) electrons. The number of aromatic nitrogens is 2. The van der Waals surface area contributed by atoms with Gasteiger partial charge in [-0.25, -0.2) is 0 Å². The van der Waals surface area contributed by atoms with Crippen molar-refractivity contribution < 1.29 is 0 Å². The predicted molar refractivity (Wildman–Crippen MR) is 63.2 cm³/mol. The molecule has 0 bridgehead atoms. The molecule has 1 aromatic heterocycles. The van der Waals surface area contributed by atoms with Crippen molar-refractivity contribution in [3.63, 3.8) is 0 Å². The molecule has 0 fully saturated rings. The molecule has 0 aliphatic carbocycles. The number of rotatable bonds is 5. The highest BCUT2D eigenvalue weighted by atomic mass is 32.2. The van der Waals surface area contributed by atoms with E-state index in [9.17, 15) is 0 Å². The Morgan fingerprint density at radius 1 is 1.50 bits per heavy atom. The van der Waals surface area contributed by atoms with Crippen molar-refractivity contribution in [2.75, 3.05) is 24.7 Å². The van der Waals surface area contributed by atoms with Gasteiger partial charge in [0.2, 0.25) is 5.13 Å². The Morgan fingerprint density at radius 2 is 2.21 bits per heavy atom. The van der Waals surface area contributed by atoms with Gasteiger partial charge < -0.3 is 10.6 Å². The third kappa shape index (κ3) is 3.43. The van der Waals surface area contributed by atoms with E-state index in [1.165, 1.54) is 0 Å². The molecule has 0 aliphatic rings. The van der Waals surface area contributed by atoms with Gasteiger partial charge in [0.1, 0.15) is 0 Å². The second-order valence-electron chi connectivity index (χ2n) is 3.22. The van der Waals surface area contributed by atoms with Gasteiger partial charge in [0.25, 0.3) is 0 Å². The van der Waals surface area contributed by atoms with Crippen LogP contribution in [0.3, 0.4) is 0 Å². The molecule has 80 valence electrons. The number of anilines is 1. The summed E-state index contributed by atoms with van der Waals surface area (Å²) >= 11 is 3.29. The monoisotopic (exact) mass is 232 g/mol. The van der Waals surface area contributed by atoms with Crippen LogP contribution in [0.5, 0.6) is 0 Å². The van der Waals surface area contributed by atoms with Crippen LogP contribution in [0, 0.1) is 0 Å². The first-order chi connectivity index (χ1) is 6.63. The fourth-order valence-electron chi connectivity index (χ4n) is 0.738. The Kier molecular flexibility index (Phi) is 4.64. The van der Waals surface area contributed by atoms with Crippen molar-refractivity contribution >= 4 is 28.2 Å². The van der Waals surface area contributed by atoms with Gasteiger partial charge in [-0.05, 0) is 6.42 Å². The zero-order chi connectivity index (χ0) is 10.6. The fraction of sp³-hybridized carbons (Fsp3) is 0.750. The zero-order valence-electron chi connectivity index (χ0n) is 8.73. The predicted octanol–water partition coefficient (Wildman–Crippen LogP) is 1.43. The summed E-state index contributed by atoms with van der Waals surface area (Å²) in [5.41, 5.74) is 5.81. The third-order valence-electron chi connectivity index (χ3n) is 1.72. The first-order valence-electron chi connectivity index (χ1n) is 4.52. The molecule has 0 saturated heterocycles. The average Bonchev–Trinajstić information content (AvgIpc) is 2.62. The summed E-state index contributed by atoms with van der Waals surface area (Å²) in [5.74, 6) is 0.915. The minimum absolute atomic E-state index is 0.256. The number of thioether (sulfide) groups is 1. The number of nitrogens with two attached hydrogens (primary N) is 1. The quantitative estimate of drug-likeness (QED) is 0.778. The molecule has 1 unspecified atom stereocenters. The van der Waals surface area contributed by atoms with Crippen molar-refractivity contribution in [3.8, 4) is 0 Å². The summed E-state index contributed by atoms with van der Waals surface area (Å²) in [6, 6.07) is 0.256. The van der Waals surface area contributed by atoms with Gasteiger partial charge in [0.15, 0.2) is 4.34 Å². The van der Waals surface area contributed by atoms with Crippen LogP contribution in [0.25, 0.3) is 0 Å². The average molecular weight is 232 g/mol. The van der Waals surface area contributed by atoms with Crippen molar-refractivity contribution in [1.82, 2.24) is 10.2 Å². The van der Waals surface area contributed by atoms with E-state index in [2.05, 4.69) is 17.1 Å². The van der Waals surface area contributed by atoms with Crippen LogP contribution in [0.15, 0.2) is 4.34 Å². The van der Waals surface area contributed by atoms with Gasteiger partial charge in [0.05, 0.1) is 0 Å². The maximum absolute atomic E-state index is 5.81. The number of hydrogen-bond acceptors (Lipinski definition) is 6. The van der Waals surface area contributed by atoms with Crippen LogP contribution in [0.4, 0.5) is 5.13 Å². The van der Waals surface area contributed by atoms with Gasteiger partial charge >= 0.3 is 0 Å². The Labute approximate surface area is 92.9 Å². The lowest BCUT2D eigenvalue weighted by atomic mass is 10.3. The second kappa shape index (κ2) is 5.53. The molecular formula is C8H16N4S2. The highest BCUT2D eigenvalue weighted by Crippen LogP contribution is 2.27. The standard InChI is InChI=1S/C8H16N4S2/c1-4-6(9)5-13-8-11-10-7(14-8)12(2)3/h6H,4-5,9H2,1-3H3. The van der Waals surface area contributed by atoms with Gasteiger partial charge in [-0.3, -0.25) is 0 Å². The number of hydrogen-bond donors (Lipinski definition) is 1. The minimum Gasteiger partial charge on any atom is -0.353 e. The summed E-state index contributed by atoms with van der Waals surface area (Å²) in [6.07, 6.45) is 1.01. The van der Waals surface area contributed by atoms with E-state index < -0.39 is 0 Å². The highest BCUT2D eigenvalue weighted by Gasteiger charge is 2.07. The van der Waals surface area contributed by atoms with Crippen molar-refractivity contribution in [1.29, 1.82) is 0 Å². The summed E-state index contributed by atoms with van der Waals surface area (Å²) in [5, 5.41) is 9.07. The Morgan fingerprint density at radius 3 is 2.71 bits per heavy atom. The Bertz CT molecular complexity index is 274. The molecule has 0 aromatic carbocycles. The fourth-order valence-corrected chi connectivity index (χ4v) is 2.59. The minimum atomic E-state index is 0.256. The van der Waals surface area contributed by atoms with Crippen LogP contribution in [-0.4, -0.2) is 36.1 Å². The van der Waals surface area contributed by atoms with Gasteiger partial charge in [-0.2, -0.15) is 0 Å². The molecule has 4 nitrogen and oxygen atoms in total. The van der Waals surface area contributed by atoms with Crippen molar-refractivity contribution in [3.05, 3.63) is 0 Å². The maximum atomic E-state index is 5.81. The van der Waals surface area contributed by atoms with Crippen LogP contribution in [0.2, 0.25) is 0 Å². The lowest BCUT2D eigenvalue weighted by molar-refractivity contribution is 0.724. The van der Waals surface area contributed by atoms with Gasteiger partial charge in [-0.1, -0.05) is 30.0 Å². The molecule has 1 rings (SSSR count). The Balaban J connectivity index is 2.44. The third-order valence-corrected chi connectivity index (χ3v) is 4.14. The summed E-state index contributed by atoms with van der Waals surface area (Å²) in [7, 11) is 3.93. The SMILES string of the molecule is CCC(N)CSc1nnc(N(C)C)s1. The number of nitrogens with zero attached hydrogens (tertiary/aromatic N) is 3. The van der Waals surface area contributed by atoms with Crippen molar-refractivity contribution in [2.45, 2.75) is 23.7 Å². The molecule has 1 heterocycles. The van der Waals surface area contributed by atoms with E-state index in [-0.39, 0.29) is 6.04 Å². The highest BCUT2D eigenvalue weighted by molar-refractivity contribution is 8.01. The zero-order valence-corrected chi connectivity index (χ0v) is 10.4.